The van der Waals surface area contributed by atoms with Gasteiger partial charge in [0.25, 0.3) is 0 Å². The number of anilines is 1. The Kier molecular flexibility index (Phi) is 4.10. The Balaban J connectivity index is 1.72. The molecule has 2 heterocycles. The minimum absolute atomic E-state index is 0.158. The van der Waals surface area contributed by atoms with Gasteiger partial charge in [0.05, 0.1) is 11.2 Å². The van der Waals surface area contributed by atoms with Gasteiger partial charge in [0.2, 0.25) is 0 Å². The van der Waals surface area contributed by atoms with Crippen LogP contribution < -0.4 is 4.72 Å². The molecule has 5 rings (SSSR count). The van der Waals surface area contributed by atoms with E-state index in [0.29, 0.717) is 11.3 Å². The van der Waals surface area contributed by atoms with E-state index in [0.717, 1.165) is 21.3 Å². The lowest BCUT2D eigenvalue weighted by Crippen LogP contribution is -2.24. The highest BCUT2D eigenvalue weighted by Crippen LogP contribution is 2.55. The van der Waals surface area contributed by atoms with Crippen molar-refractivity contribution >= 4 is 49.0 Å². The predicted octanol–water partition coefficient (Wildman–Crippen LogP) is 5.94. The SMILES string of the molecule is CS(=O)Nc1cccc2c(C(C)(c3cc4c(F)cccc4s3)C3CC3)c[nH]c12. The highest BCUT2D eigenvalue weighted by molar-refractivity contribution is 7.85. The lowest BCUT2D eigenvalue weighted by atomic mass is 9.76. The monoisotopic (exact) mass is 412 g/mol. The Morgan fingerprint density at radius 1 is 1.21 bits per heavy atom. The molecule has 2 N–H and O–H groups in total. The predicted molar refractivity (Wildman–Crippen MR) is 117 cm³/mol. The second-order valence-corrected chi connectivity index (χ2v) is 9.92. The van der Waals surface area contributed by atoms with Gasteiger partial charge in [-0.25, -0.2) is 8.60 Å². The van der Waals surface area contributed by atoms with Crippen molar-refractivity contribution in [3.05, 3.63) is 64.9 Å². The molecule has 4 aromatic rings. The molecule has 0 bridgehead atoms. The molecule has 3 nitrogen and oxygen atoms in total. The van der Waals surface area contributed by atoms with Crippen molar-refractivity contribution in [1.82, 2.24) is 4.98 Å². The molecule has 28 heavy (non-hydrogen) atoms. The third kappa shape index (κ3) is 2.70. The Morgan fingerprint density at radius 2 is 2.00 bits per heavy atom. The minimum atomic E-state index is -1.14. The summed E-state index contributed by atoms with van der Waals surface area (Å²) in [5.41, 5.74) is 2.85. The van der Waals surface area contributed by atoms with Crippen LogP contribution in [0.4, 0.5) is 10.1 Å². The van der Waals surface area contributed by atoms with Gasteiger partial charge in [0.15, 0.2) is 0 Å². The first-order valence-electron chi connectivity index (χ1n) is 9.37. The zero-order valence-electron chi connectivity index (χ0n) is 15.7. The lowest BCUT2D eigenvalue weighted by Gasteiger charge is -2.29. The van der Waals surface area contributed by atoms with Crippen LogP contribution in [-0.2, 0) is 16.4 Å². The third-order valence-corrected chi connectivity index (χ3v) is 7.79. The number of hydrogen-bond donors (Lipinski definition) is 2. The number of thiophene rings is 1. The van der Waals surface area contributed by atoms with Crippen LogP contribution in [0.3, 0.4) is 0 Å². The van der Waals surface area contributed by atoms with Crippen LogP contribution in [0.5, 0.6) is 0 Å². The number of aromatic nitrogens is 1. The van der Waals surface area contributed by atoms with Gasteiger partial charge >= 0.3 is 0 Å². The molecule has 144 valence electrons. The summed E-state index contributed by atoms with van der Waals surface area (Å²) in [6.45, 7) is 2.29. The first-order chi connectivity index (χ1) is 13.5. The topological polar surface area (TPSA) is 44.9 Å². The number of fused-ring (bicyclic) bond motifs is 2. The molecule has 2 aromatic carbocycles. The van der Waals surface area contributed by atoms with Crippen molar-refractivity contribution < 1.29 is 8.60 Å². The van der Waals surface area contributed by atoms with Gasteiger partial charge in [0.1, 0.15) is 16.8 Å². The van der Waals surface area contributed by atoms with Crippen LogP contribution in [0.15, 0.2) is 48.7 Å². The van der Waals surface area contributed by atoms with Crippen LogP contribution in [0.2, 0.25) is 0 Å². The van der Waals surface area contributed by atoms with Crippen LogP contribution >= 0.6 is 11.3 Å². The van der Waals surface area contributed by atoms with Crippen molar-refractivity contribution in [2.75, 3.05) is 11.0 Å². The summed E-state index contributed by atoms with van der Waals surface area (Å²) < 4.78 is 30.0. The maximum absolute atomic E-state index is 14.3. The number of aromatic amines is 1. The summed E-state index contributed by atoms with van der Waals surface area (Å²) >= 11 is 1.69. The molecular weight excluding hydrogens is 391 g/mol. The first kappa shape index (κ1) is 17.9. The zero-order valence-corrected chi connectivity index (χ0v) is 17.3. The number of rotatable bonds is 5. The van der Waals surface area contributed by atoms with Crippen LogP contribution in [0.25, 0.3) is 21.0 Å². The summed E-state index contributed by atoms with van der Waals surface area (Å²) in [5.74, 6) is 0.383. The summed E-state index contributed by atoms with van der Waals surface area (Å²) in [6, 6.07) is 13.4. The van der Waals surface area contributed by atoms with Crippen LogP contribution in [0.1, 0.15) is 30.2 Å². The number of halogens is 1. The molecule has 0 radical (unpaired) electrons. The molecule has 1 fully saturated rings. The number of para-hydroxylation sites is 1. The number of H-pyrrole nitrogens is 1. The van der Waals surface area contributed by atoms with E-state index in [-0.39, 0.29) is 11.2 Å². The number of hydrogen-bond acceptors (Lipinski definition) is 2. The summed E-state index contributed by atoms with van der Waals surface area (Å²) in [5, 5.41) is 1.83. The second-order valence-electron chi connectivity index (χ2n) is 7.73. The zero-order chi connectivity index (χ0) is 19.5. The molecule has 1 saturated carbocycles. The molecular formula is C22H21FN2OS2. The van der Waals surface area contributed by atoms with Crippen molar-refractivity contribution in [1.29, 1.82) is 0 Å². The van der Waals surface area contributed by atoms with Crippen molar-refractivity contribution in [3.8, 4) is 0 Å². The summed E-state index contributed by atoms with van der Waals surface area (Å²) in [4.78, 5) is 4.60. The molecule has 6 heteroatoms. The minimum Gasteiger partial charge on any atom is -0.359 e. The Morgan fingerprint density at radius 3 is 2.71 bits per heavy atom. The molecule has 1 aliphatic carbocycles. The van der Waals surface area contributed by atoms with Gasteiger partial charge in [-0.15, -0.1) is 11.3 Å². The van der Waals surface area contributed by atoms with Crippen molar-refractivity contribution in [3.63, 3.8) is 0 Å². The van der Waals surface area contributed by atoms with E-state index in [4.69, 9.17) is 0 Å². The van der Waals surface area contributed by atoms with Gasteiger partial charge in [-0.1, -0.05) is 25.1 Å². The average molecular weight is 413 g/mol. The summed E-state index contributed by atoms with van der Waals surface area (Å²) in [6.07, 6.45) is 6.06. The quantitative estimate of drug-likeness (QED) is 0.418. The van der Waals surface area contributed by atoms with Gasteiger partial charge in [-0.3, -0.25) is 0 Å². The van der Waals surface area contributed by atoms with E-state index < -0.39 is 11.0 Å². The molecule has 0 spiro atoms. The van der Waals surface area contributed by atoms with E-state index in [1.165, 1.54) is 29.3 Å². The first-order valence-corrected chi connectivity index (χ1v) is 11.7. The number of nitrogens with one attached hydrogen (secondary N) is 2. The van der Waals surface area contributed by atoms with E-state index in [9.17, 15) is 8.60 Å². The second kappa shape index (κ2) is 6.42. The Bertz CT molecular complexity index is 1220. The highest BCUT2D eigenvalue weighted by Gasteiger charge is 2.46. The van der Waals surface area contributed by atoms with Crippen LogP contribution in [-0.4, -0.2) is 15.4 Å². The molecule has 2 atom stereocenters. The normalized spacial score (nSPS) is 17.7. The van der Waals surface area contributed by atoms with E-state index in [1.54, 1.807) is 23.7 Å². The molecule has 0 amide bonds. The van der Waals surface area contributed by atoms with E-state index >= 15 is 0 Å². The van der Waals surface area contributed by atoms with Gasteiger partial charge in [-0.2, -0.15) is 0 Å². The molecule has 2 unspecified atom stereocenters. The highest BCUT2D eigenvalue weighted by atomic mass is 32.2. The summed E-state index contributed by atoms with van der Waals surface area (Å²) in [7, 11) is -1.14. The number of benzene rings is 2. The fraction of sp³-hybridized carbons (Fsp3) is 0.273. The fourth-order valence-corrected chi connectivity index (χ4v) is 6.11. The Hall–Kier alpha value is -2.18. The van der Waals surface area contributed by atoms with E-state index in [2.05, 4.69) is 28.9 Å². The fourth-order valence-electron chi connectivity index (χ4n) is 4.32. The third-order valence-electron chi connectivity index (χ3n) is 5.94. The standard InChI is InChI=1S/C22H21FN2OS2/c1-22(13-9-10-13,20-11-15-17(23)6-4-8-19(15)27-20)16-12-24-21-14(16)5-3-7-18(21)25-28(2)26/h3-8,11-13,24-25H,9-10H2,1-2H3. The molecule has 1 aliphatic rings. The van der Waals surface area contributed by atoms with Gasteiger partial charge in [-0.05, 0) is 48.6 Å². The molecule has 0 aliphatic heterocycles. The maximum Gasteiger partial charge on any atom is 0.131 e. The smallest absolute Gasteiger partial charge is 0.131 e. The van der Waals surface area contributed by atoms with E-state index in [1.807, 2.05) is 24.3 Å². The largest absolute Gasteiger partial charge is 0.359 e. The molecule has 2 aromatic heterocycles. The van der Waals surface area contributed by atoms with Crippen molar-refractivity contribution in [2.45, 2.75) is 25.2 Å². The lowest BCUT2D eigenvalue weighted by molar-refractivity contribution is 0.509. The van der Waals surface area contributed by atoms with Crippen molar-refractivity contribution in [2.24, 2.45) is 5.92 Å². The van der Waals surface area contributed by atoms with Crippen LogP contribution in [0, 0.1) is 11.7 Å². The van der Waals surface area contributed by atoms with Gasteiger partial charge in [0, 0.05) is 38.2 Å². The maximum atomic E-state index is 14.3. The molecule has 0 saturated heterocycles. The Labute approximate surface area is 169 Å². The average Bonchev–Trinajstić information content (AvgIpc) is 3.26. The van der Waals surface area contributed by atoms with Gasteiger partial charge < -0.3 is 9.71 Å².